The fourth-order valence-corrected chi connectivity index (χ4v) is 0.800. The molecule has 0 spiro atoms. The van der Waals surface area contributed by atoms with Gasteiger partial charge in [-0.25, -0.2) is 0 Å². The van der Waals surface area contributed by atoms with E-state index in [9.17, 15) is 4.79 Å². The molecular weight excluding hydrogens is 114 g/mol. The summed E-state index contributed by atoms with van der Waals surface area (Å²) in [5, 5.41) is 0. The Morgan fingerprint density at radius 1 is 1.22 bits per heavy atom. The number of rotatable bonds is 3. The SMILES string of the molecule is CCC(=O)N(CC)CC. The van der Waals surface area contributed by atoms with Crippen molar-refractivity contribution in [1.29, 1.82) is 0 Å². The molecule has 1 amide bonds. The van der Waals surface area contributed by atoms with Crippen molar-refractivity contribution in [2.24, 2.45) is 0 Å². The number of nitrogens with zero attached hydrogens (tertiary/aromatic N) is 1. The fraction of sp³-hybridized carbons (Fsp3) is 0.857. The molecule has 0 N–H and O–H groups in total. The standard InChI is InChI=1S/C7H15NO/c1-4-7(9)8(5-2)6-3/h4-6H2,1-3H3. The number of carbonyl (C=O) groups excluding carboxylic acids is 1. The molecule has 0 fully saturated rings. The van der Waals surface area contributed by atoms with Crippen molar-refractivity contribution >= 4 is 5.91 Å². The van der Waals surface area contributed by atoms with Gasteiger partial charge in [-0.05, 0) is 13.8 Å². The largest absolute Gasteiger partial charge is 0.343 e. The summed E-state index contributed by atoms with van der Waals surface area (Å²) in [6.07, 6.45) is 0.627. The Morgan fingerprint density at radius 3 is 1.78 bits per heavy atom. The van der Waals surface area contributed by atoms with Crippen LogP contribution in [0.1, 0.15) is 27.2 Å². The molecule has 0 aromatic heterocycles. The molecule has 0 aliphatic carbocycles. The summed E-state index contributed by atoms with van der Waals surface area (Å²) in [7, 11) is 0. The Balaban J connectivity index is 3.64. The molecule has 0 aliphatic rings. The van der Waals surface area contributed by atoms with Crippen LogP contribution in [-0.2, 0) is 4.79 Å². The van der Waals surface area contributed by atoms with E-state index in [0.717, 1.165) is 13.1 Å². The molecule has 0 heterocycles. The molecule has 0 aromatic rings. The molecule has 0 atom stereocenters. The molecule has 0 bridgehead atoms. The summed E-state index contributed by atoms with van der Waals surface area (Å²) in [6, 6.07) is 0. The van der Waals surface area contributed by atoms with Crippen molar-refractivity contribution < 1.29 is 4.79 Å². The van der Waals surface area contributed by atoms with Crippen LogP contribution in [-0.4, -0.2) is 23.9 Å². The van der Waals surface area contributed by atoms with Crippen molar-refractivity contribution in [3.05, 3.63) is 0 Å². The van der Waals surface area contributed by atoms with E-state index in [-0.39, 0.29) is 5.91 Å². The maximum Gasteiger partial charge on any atom is 0.222 e. The quantitative estimate of drug-likeness (QED) is 0.562. The molecule has 0 aliphatic heterocycles. The lowest BCUT2D eigenvalue weighted by molar-refractivity contribution is -0.130. The third kappa shape index (κ3) is 2.49. The molecule has 2 heteroatoms. The molecule has 0 rings (SSSR count). The maximum absolute atomic E-state index is 10.9. The van der Waals surface area contributed by atoms with E-state index in [1.807, 2.05) is 25.7 Å². The highest BCUT2D eigenvalue weighted by atomic mass is 16.2. The van der Waals surface area contributed by atoms with Gasteiger partial charge in [-0.15, -0.1) is 0 Å². The summed E-state index contributed by atoms with van der Waals surface area (Å²) in [4.78, 5) is 12.7. The van der Waals surface area contributed by atoms with Gasteiger partial charge in [-0.2, -0.15) is 0 Å². The highest BCUT2D eigenvalue weighted by Crippen LogP contribution is 1.90. The molecule has 0 unspecified atom stereocenters. The fourth-order valence-electron chi connectivity index (χ4n) is 0.800. The van der Waals surface area contributed by atoms with Crippen LogP contribution in [0.25, 0.3) is 0 Å². The van der Waals surface area contributed by atoms with Crippen LogP contribution in [0.15, 0.2) is 0 Å². The molecule has 0 aromatic carbocycles. The second-order valence-electron chi connectivity index (χ2n) is 1.92. The van der Waals surface area contributed by atoms with Gasteiger partial charge in [-0.1, -0.05) is 6.92 Å². The maximum atomic E-state index is 10.9. The van der Waals surface area contributed by atoms with E-state index in [1.165, 1.54) is 0 Å². The van der Waals surface area contributed by atoms with Crippen molar-refractivity contribution in [2.75, 3.05) is 13.1 Å². The third-order valence-corrected chi connectivity index (χ3v) is 1.42. The van der Waals surface area contributed by atoms with Crippen molar-refractivity contribution in [3.8, 4) is 0 Å². The van der Waals surface area contributed by atoms with Gasteiger partial charge < -0.3 is 4.90 Å². The third-order valence-electron chi connectivity index (χ3n) is 1.42. The Kier molecular flexibility index (Phi) is 4.10. The van der Waals surface area contributed by atoms with E-state index >= 15 is 0 Å². The minimum Gasteiger partial charge on any atom is -0.343 e. The summed E-state index contributed by atoms with van der Waals surface area (Å²) in [6.45, 7) is 7.56. The smallest absolute Gasteiger partial charge is 0.222 e. The van der Waals surface area contributed by atoms with Crippen LogP contribution in [0.5, 0.6) is 0 Å². The minimum absolute atomic E-state index is 0.250. The lowest BCUT2D eigenvalue weighted by Crippen LogP contribution is -2.29. The van der Waals surface area contributed by atoms with Gasteiger partial charge in [0.15, 0.2) is 0 Å². The van der Waals surface area contributed by atoms with Gasteiger partial charge in [-0.3, -0.25) is 4.79 Å². The number of carbonyl (C=O) groups is 1. The molecule has 9 heavy (non-hydrogen) atoms. The van der Waals surface area contributed by atoms with Crippen LogP contribution in [0.2, 0.25) is 0 Å². The second kappa shape index (κ2) is 4.36. The van der Waals surface area contributed by atoms with Crippen molar-refractivity contribution in [1.82, 2.24) is 4.90 Å². The first-order valence-corrected chi connectivity index (χ1v) is 3.54. The molecule has 0 saturated carbocycles. The van der Waals surface area contributed by atoms with E-state index < -0.39 is 0 Å². The van der Waals surface area contributed by atoms with Gasteiger partial charge >= 0.3 is 0 Å². The van der Waals surface area contributed by atoms with Gasteiger partial charge in [0.1, 0.15) is 0 Å². The zero-order chi connectivity index (χ0) is 7.28. The van der Waals surface area contributed by atoms with E-state index in [2.05, 4.69) is 0 Å². The molecule has 0 saturated heterocycles. The average Bonchev–Trinajstić information content (AvgIpc) is 1.90. The number of hydrogen-bond donors (Lipinski definition) is 0. The Bertz CT molecular complexity index is 86.9. The summed E-state index contributed by atoms with van der Waals surface area (Å²) in [5.41, 5.74) is 0. The van der Waals surface area contributed by atoms with E-state index in [1.54, 1.807) is 0 Å². The van der Waals surface area contributed by atoms with Crippen LogP contribution in [0, 0.1) is 0 Å². The van der Waals surface area contributed by atoms with Gasteiger partial charge in [0.2, 0.25) is 5.91 Å². The molecule has 0 radical (unpaired) electrons. The van der Waals surface area contributed by atoms with Crippen molar-refractivity contribution in [2.45, 2.75) is 27.2 Å². The first-order valence-electron chi connectivity index (χ1n) is 3.54. The predicted molar refractivity (Wildman–Crippen MR) is 38.2 cm³/mol. The lowest BCUT2D eigenvalue weighted by Gasteiger charge is -2.16. The van der Waals surface area contributed by atoms with Crippen LogP contribution >= 0.6 is 0 Å². The first kappa shape index (κ1) is 8.47. The van der Waals surface area contributed by atoms with Gasteiger partial charge in [0.25, 0.3) is 0 Å². The highest BCUT2D eigenvalue weighted by Gasteiger charge is 2.03. The van der Waals surface area contributed by atoms with Crippen LogP contribution in [0.3, 0.4) is 0 Å². The van der Waals surface area contributed by atoms with Crippen LogP contribution in [0.4, 0.5) is 0 Å². The van der Waals surface area contributed by atoms with E-state index in [0.29, 0.717) is 6.42 Å². The topological polar surface area (TPSA) is 20.3 Å². The Morgan fingerprint density at radius 2 is 1.67 bits per heavy atom. The number of hydrogen-bond acceptors (Lipinski definition) is 1. The molecule has 2 nitrogen and oxygen atoms in total. The predicted octanol–water partition coefficient (Wildman–Crippen LogP) is 1.26. The van der Waals surface area contributed by atoms with E-state index in [4.69, 9.17) is 0 Å². The summed E-state index contributed by atoms with van der Waals surface area (Å²) < 4.78 is 0. The Labute approximate surface area is 56.9 Å². The minimum atomic E-state index is 0.250. The monoisotopic (exact) mass is 129 g/mol. The van der Waals surface area contributed by atoms with Crippen LogP contribution < -0.4 is 0 Å². The van der Waals surface area contributed by atoms with Crippen molar-refractivity contribution in [3.63, 3.8) is 0 Å². The first-order chi connectivity index (χ1) is 4.26. The summed E-state index contributed by atoms with van der Waals surface area (Å²) >= 11 is 0. The highest BCUT2D eigenvalue weighted by molar-refractivity contribution is 5.75. The van der Waals surface area contributed by atoms with Gasteiger partial charge in [0.05, 0.1) is 0 Å². The second-order valence-corrected chi connectivity index (χ2v) is 1.92. The molecule has 54 valence electrons. The molecular formula is C7H15NO. The summed E-state index contributed by atoms with van der Waals surface area (Å²) in [5.74, 6) is 0.250. The Hall–Kier alpha value is -0.530. The lowest BCUT2D eigenvalue weighted by atomic mass is 10.4. The zero-order valence-electron chi connectivity index (χ0n) is 6.48. The normalized spacial score (nSPS) is 9.22. The van der Waals surface area contributed by atoms with Gasteiger partial charge in [0, 0.05) is 19.5 Å². The number of amides is 1. The zero-order valence-corrected chi connectivity index (χ0v) is 6.48. The average molecular weight is 129 g/mol.